The zero-order valence-corrected chi connectivity index (χ0v) is 11.3. The van der Waals surface area contributed by atoms with Crippen LogP contribution in [-0.4, -0.2) is 58.7 Å². The Morgan fingerprint density at radius 3 is 2.47 bits per heavy atom. The zero-order chi connectivity index (χ0) is 13.7. The molecular formula is C13H16ClN3O2. The summed E-state index contributed by atoms with van der Waals surface area (Å²) in [6, 6.07) is 3.49. The molecule has 102 valence electrons. The van der Waals surface area contributed by atoms with E-state index in [1.807, 2.05) is 0 Å². The molecule has 0 radical (unpaired) electrons. The number of pyridine rings is 1. The molecule has 0 atom stereocenters. The molecule has 2 amide bonds. The first-order valence-electron chi connectivity index (χ1n) is 6.25. The monoisotopic (exact) mass is 281 g/mol. The fourth-order valence-electron chi connectivity index (χ4n) is 2.07. The number of nitrogens with zero attached hydrogens (tertiary/aromatic N) is 3. The standard InChI is InChI=1S/C13H16ClN3O2/c14-4-3-12(18)16-6-8-17(9-7-16)13(19)11-2-1-5-15-10-11/h1-2,5,10H,3-4,6-9H2. The van der Waals surface area contributed by atoms with Crippen LogP contribution in [0.15, 0.2) is 24.5 Å². The second-order valence-electron chi connectivity index (χ2n) is 4.35. The van der Waals surface area contributed by atoms with Gasteiger partial charge in [-0.15, -0.1) is 11.6 Å². The third kappa shape index (κ3) is 3.44. The van der Waals surface area contributed by atoms with Crippen LogP contribution in [0.2, 0.25) is 0 Å². The molecule has 1 aliphatic heterocycles. The van der Waals surface area contributed by atoms with Crippen molar-refractivity contribution in [2.24, 2.45) is 0 Å². The number of alkyl halides is 1. The van der Waals surface area contributed by atoms with E-state index in [2.05, 4.69) is 4.98 Å². The Hall–Kier alpha value is -1.62. The van der Waals surface area contributed by atoms with E-state index in [1.54, 1.807) is 34.3 Å². The van der Waals surface area contributed by atoms with Gasteiger partial charge >= 0.3 is 0 Å². The second-order valence-corrected chi connectivity index (χ2v) is 4.73. The van der Waals surface area contributed by atoms with Gasteiger partial charge in [0, 0.05) is 50.9 Å². The van der Waals surface area contributed by atoms with Crippen molar-refractivity contribution < 1.29 is 9.59 Å². The molecule has 0 N–H and O–H groups in total. The lowest BCUT2D eigenvalue weighted by Gasteiger charge is -2.34. The number of hydrogen-bond donors (Lipinski definition) is 0. The molecule has 0 unspecified atom stereocenters. The summed E-state index contributed by atoms with van der Waals surface area (Å²) in [5.74, 6) is 0.370. The summed E-state index contributed by atoms with van der Waals surface area (Å²) in [6.07, 6.45) is 3.56. The van der Waals surface area contributed by atoms with Crippen LogP contribution in [-0.2, 0) is 4.79 Å². The van der Waals surface area contributed by atoms with Gasteiger partial charge in [-0.3, -0.25) is 14.6 Å². The number of carbonyl (C=O) groups excluding carboxylic acids is 2. The molecule has 2 heterocycles. The topological polar surface area (TPSA) is 53.5 Å². The molecule has 0 saturated carbocycles. The molecular weight excluding hydrogens is 266 g/mol. The van der Waals surface area contributed by atoms with Crippen molar-refractivity contribution in [1.29, 1.82) is 0 Å². The average Bonchev–Trinajstić information content (AvgIpc) is 2.48. The zero-order valence-electron chi connectivity index (χ0n) is 10.6. The molecule has 1 aliphatic rings. The first kappa shape index (κ1) is 13.8. The SMILES string of the molecule is O=C(CCCl)N1CCN(C(=O)c2cccnc2)CC1. The molecule has 0 aliphatic carbocycles. The van der Waals surface area contributed by atoms with E-state index >= 15 is 0 Å². The van der Waals surface area contributed by atoms with Crippen LogP contribution >= 0.6 is 11.6 Å². The molecule has 0 aromatic carbocycles. The van der Waals surface area contributed by atoms with Gasteiger partial charge in [-0.25, -0.2) is 0 Å². The van der Waals surface area contributed by atoms with Gasteiger partial charge in [0.25, 0.3) is 5.91 Å². The Labute approximate surface area is 117 Å². The van der Waals surface area contributed by atoms with E-state index in [9.17, 15) is 9.59 Å². The van der Waals surface area contributed by atoms with Crippen LogP contribution in [0.4, 0.5) is 0 Å². The summed E-state index contributed by atoms with van der Waals surface area (Å²) in [4.78, 5) is 31.3. The summed E-state index contributed by atoms with van der Waals surface area (Å²) in [5.41, 5.74) is 0.586. The van der Waals surface area contributed by atoms with Crippen LogP contribution in [0, 0.1) is 0 Å². The Morgan fingerprint density at radius 1 is 1.21 bits per heavy atom. The highest BCUT2D eigenvalue weighted by Gasteiger charge is 2.24. The summed E-state index contributed by atoms with van der Waals surface area (Å²) in [7, 11) is 0. The van der Waals surface area contributed by atoms with Crippen molar-refractivity contribution in [2.45, 2.75) is 6.42 Å². The van der Waals surface area contributed by atoms with E-state index in [0.717, 1.165) is 0 Å². The minimum absolute atomic E-state index is 0.0301. The maximum absolute atomic E-state index is 12.2. The quantitative estimate of drug-likeness (QED) is 0.777. The Balaban J connectivity index is 1.90. The maximum atomic E-state index is 12.2. The summed E-state index contributed by atoms with van der Waals surface area (Å²) < 4.78 is 0. The first-order valence-corrected chi connectivity index (χ1v) is 6.79. The number of amides is 2. The Morgan fingerprint density at radius 2 is 1.89 bits per heavy atom. The van der Waals surface area contributed by atoms with Crippen LogP contribution in [0.1, 0.15) is 16.8 Å². The van der Waals surface area contributed by atoms with Crippen molar-refractivity contribution in [1.82, 2.24) is 14.8 Å². The number of aromatic nitrogens is 1. The van der Waals surface area contributed by atoms with Gasteiger partial charge in [0.1, 0.15) is 0 Å². The molecule has 1 saturated heterocycles. The Kier molecular flexibility index (Phi) is 4.74. The summed E-state index contributed by atoms with van der Waals surface area (Å²) in [5, 5.41) is 0. The van der Waals surface area contributed by atoms with Gasteiger partial charge < -0.3 is 9.80 Å². The van der Waals surface area contributed by atoms with Crippen LogP contribution in [0.25, 0.3) is 0 Å². The van der Waals surface area contributed by atoms with Crippen LogP contribution in [0.5, 0.6) is 0 Å². The second kappa shape index (κ2) is 6.52. The summed E-state index contributed by atoms with van der Waals surface area (Å²) >= 11 is 5.56. The van der Waals surface area contributed by atoms with Crippen LogP contribution in [0.3, 0.4) is 0 Å². The highest BCUT2D eigenvalue weighted by molar-refractivity contribution is 6.18. The third-order valence-electron chi connectivity index (χ3n) is 3.14. The molecule has 1 aromatic rings. The van der Waals surface area contributed by atoms with Crippen molar-refractivity contribution in [2.75, 3.05) is 32.1 Å². The highest BCUT2D eigenvalue weighted by Crippen LogP contribution is 2.09. The van der Waals surface area contributed by atoms with Crippen molar-refractivity contribution >= 4 is 23.4 Å². The van der Waals surface area contributed by atoms with E-state index in [0.29, 0.717) is 44.0 Å². The Bertz CT molecular complexity index is 444. The molecule has 0 spiro atoms. The predicted octanol–water partition coefficient (Wildman–Crippen LogP) is 0.995. The molecule has 0 bridgehead atoms. The van der Waals surface area contributed by atoms with E-state index in [-0.39, 0.29) is 11.8 Å². The normalized spacial score (nSPS) is 15.4. The lowest BCUT2D eigenvalue weighted by atomic mass is 10.2. The van der Waals surface area contributed by atoms with E-state index in [4.69, 9.17) is 11.6 Å². The fourth-order valence-corrected chi connectivity index (χ4v) is 2.23. The van der Waals surface area contributed by atoms with E-state index < -0.39 is 0 Å². The molecule has 19 heavy (non-hydrogen) atoms. The van der Waals surface area contributed by atoms with Gasteiger partial charge in [-0.05, 0) is 12.1 Å². The smallest absolute Gasteiger partial charge is 0.255 e. The first-order chi connectivity index (χ1) is 9.22. The largest absolute Gasteiger partial charge is 0.339 e. The number of halogens is 1. The average molecular weight is 282 g/mol. The number of rotatable bonds is 3. The van der Waals surface area contributed by atoms with Gasteiger partial charge in [0.2, 0.25) is 5.91 Å². The molecule has 1 fully saturated rings. The molecule has 6 heteroatoms. The van der Waals surface area contributed by atoms with Gasteiger partial charge in [-0.2, -0.15) is 0 Å². The summed E-state index contributed by atoms with van der Waals surface area (Å²) in [6.45, 7) is 2.26. The van der Waals surface area contributed by atoms with Gasteiger partial charge in [-0.1, -0.05) is 0 Å². The molecule has 2 rings (SSSR count). The lowest BCUT2D eigenvalue weighted by Crippen LogP contribution is -2.50. The van der Waals surface area contributed by atoms with Crippen molar-refractivity contribution in [3.63, 3.8) is 0 Å². The third-order valence-corrected chi connectivity index (χ3v) is 3.33. The number of hydrogen-bond acceptors (Lipinski definition) is 3. The minimum Gasteiger partial charge on any atom is -0.339 e. The molecule has 5 nitrogen and oxygen atoms in total. The predicted molar refractivity (Wildman–Crippen MR) is 72.1 cm³/mol. The minimum atomic E-state index is -0.0301. The lowest BCUT2D eigenvalue weighted by molar-refractivity contribution is -0.132. The van der Waals surface area contributed by atoms with E-state index in [1.165, 1.54) is 0 Å². The van der Waals surface area contributed by atoms with Crippen molar-refractivity contribution in [3.05, 3.63) is 30.1 Å². The molecule has 1 aromatic heterocycles. The van der Waals surface area contributed by atoms with Crippen molar-refractivity contribution in [3.8, 4) is 0 Å². The maximum Gasteiger partial charge on any atom is 0.255 e. The highest BCUT2D eigenvalue weighted by atomic mass is 35.5. The number of piperazine rings is 1. The fraction of sp³-hybridized carbons (Fsp3) is 0.462. The number of carbonyl (C=O) groups is 2. The van der Waals surface area contributed by atoms with Crippen LogP contribution < -0.4 is 0 Å². The van der Waals surface area contributed by atoms with Gasteiger partial charge in [0.15, 0.2) is 0 Å². The van der Waals surface area contributed by atoms with Gasteiger partial charge in [0.05, 0.1) is 5.56 Å².